The molecule has 3 N–H and O–H groups in total. The molecule has 0 saturated carbocycles. The van der Waals surface area contributed by atoms with Crippen LogP contribution < -0.4 is 15.0 Å². The Hall–Kier alpha value is -3.14. The van der Waals surface area contributed by atoms with Gasteiger partial charge in [-0.05, 0) is 12.2 Å². The molecule has 0 amide bonds. The lowest BCUT2D eigenvalue weighted by Crippen LogP contribution is -2.13. The molecule has 0 bridgehead atoms. The van der Waals surface area contributed by atoms with Gasteiger partial charge in [0.25, 0.3) is 5.56 Å². The number of H-pyrrole nitrogens is 2. The van der Waals surface area contributed by atoms with Gasteiger partial charge in [-0.1, -0.05) is 0 Å². The number of aromatic amines is 2. The highest BCUT2D eigenvalue weighted by atomic mass is 32.1. The Kier molecular flexibility index (Phi) is 5.55. The van der Waals surface area contributed by atoms with E-state index in [2.05, 4.69) is 15.0 Å². The van der Waals surface area contributed by atoms with Crippen LogP contribution >= 0.6 is 12.2 Å². The number of aromatic nitrogens is 2. The quantitative estimate of drug-likeness (QED) is 0.418. The summed E-state index contributed by atoms with van der Waals surface area (Å²) in [7, 11) is 4.07. The fourth-order valence-corrected chi connectivity index (χ4v) is 2.18. The fourth-order valence-electron chi connectivity index (χ4n) is 1.99. The van der Waals surface area contributed by atoms with Crippen LogP contribution in [0.5, 0.6) is 17.4 Å². The van der Waals surface area contributed by atoms with Crippen LogP contribution in [0.1, 0.15) is 15.9 Å². The number of hydrogen-bond acceptors (Lipinski definition) is 8. The van der Waals surface area contributed by atoms with Gasteiger partial charge in [-0.25, -0.2) is 4.79 Å². The summed E-state index contributed by atoms with van der Waals surface area (Å²) in [4.78, 5) is 32.6. The van der Waals surface area contributed by atoms with Crippen molar-refractivity contribution >= 4 is 30.1 Å². The van der Waals surface area contributed by atoms with Crippen molar-refractivity contribution in [3.8, 4) is 17.4 Å². The normalized spacial score (nSPS) is 10.7. The Balaban J connectivity index is 2.60. The van der Waals surface area contributed by atoms with Crippen molar-refractivity contribution in [2.24, 2.45) is 4.99 Å². The lowest BCUT2D eigenvalue weighted by atomic mass is 10.1. The average molecular weight is 365 g/mol. The van der Waals surface area contributed by atoms with Gasteiger partial charge in [-0.15, -0.1) is 0 Å². The minimum atomic E-state index is -0.654. The summed E-state index contributed by atoms with van der Waals surface area (Å²) in [5.74, 6) is -0.462. The summed E-state index contributed by atoms with van der Waals surface area (Å²) in [5, 5.41) is 9.79. The van der Waals surface area contributed by atoms with E-state index in [1.165, 1.54) is 33.5 Å². The molecule has 0 saturated heterocycles. The van der Waals surface area contributed by atoms with Gasteiger partial charge < -0.3 is 24.3 Å². The fraction of sp³-hybridized carbons (Fsp3) is 0.200. The minimum absolute atomic E-state index is 0.0268. The molecule has 0 spiro atoms. The highest BCUT2D eigenvalue weighted by molar-refractivity contribution is 7.71. The number of carbonyl (C=O) groups is 1. The third kappa shape index (κ3) is 3.86. The van der Waals surface area contributed by atoms with E-state index in [0.29, 0.717) is 11.5 Å². The van der Waals surface area contributed by atoms with Crippen LogP contribution in [0.25, 0.3) is 0 Å². The number of benzene rings is 1. The molecule has 0 aliphatic heterocycles. The molecule has 9 nitrogen and oxygen atoms in total. The zero-order valence-corrected chi connectivity index (χ0v) is 14.4. The molecular formula is C15H15N3O6S. The SMILES string of the molecule is COC(=O)c1cc(OC)c(OC)cc1N=Cc1c(O)[nH]c(=S)[nH]c1=O. The third-order valence-electron chi connectivity index (χ3n) is 3.20. The van der Waals surface area contributed by atoms with Crippen LogP contribution in [-0.4, -0.2) is 48.6 Å². The van der Waals surface area contributed by atoms with Crippen LogP contribution in [0, 0.1) is 4.77 Å². The van der Waals surface area contributed by atoms with Gasteiger partial charge in [0, 0.05) is 18.3 Å². The van der Waals surface area contributed by atoms with Gasteiger partial charge in [-0.3, -0.25) is 14.8 Å². The van der Waals surface area contributed by atoms with E-state index in [-0.39, 0.29) is 21.6 Å². The Bertz CT molecular complexity index is 947. The Morgan fingerprint density at radius 1 is 1.20 bits per heavy atom. The van der Waals surface area contributed by atoms with E-state index in [1.807, 2.05) is 0 Å². The number of methoxy groups -OCH3 is 3. The highest BCUT2D eigenvalue weighted by Gasteiger charge is 2.17. The number of aromatic hydroxyl groups is 1. The largest absolute Gasteiger partial charge is 0.494 e. The lowest BCUT2D eigenvalue weighted by Gasteiger charge is -2.11. The molecule has 2 rings (SSSR count). The van der Waals surface area contributed by atoms with Gasteiger partial charge in [0.05, 0.1) is 32.6 Å². The van der Waals surface area contributed by atoms with E-state index < -0.39 is 17.4 Å². The van der Waals surface area contributed by atoms with Crippen molar-refractivity contribution in [2.75, 3.05) is 21.3 Å². The third-order valence-corrected chi connectivity index (χ3v) is 3.40. The van der Waals surface area contributed by atoms with Gasteiger partial charge in [-0.2, -0.15) is 0 Å². The van der Waals surface area contributed by atoms with Gasteiger partial charge in [0.15, 0.2) is 16.3 Å². The maximum absolute atomic E-state index is 12.0. The molecule has 0 atom stereocenters. The standard InChI is InChI=1S/C15H15N3O6S/c1-22-10-4-7(14(21)24-3)9(5-11(10)23-2)16-6-8-12(19)17-15(25)18-13(8)20/h4-6H,1-3H3,(H3,17,18,19,20,25). The van der Waals surface area contributed by atoms with Crippen LogP contribution in [0.15, 0.2) is 21.9 Å². The number of carbonyl (C=O) groups excluding carboxylic acids is 1. The lowest BCUT2D eigenvalue weighted by molar-refractivity contribution is 0.0601. The highest BCUT2D eigenvalue weighted by Crippen LogP contribution is 2.35. The van der Waals surface area contributed by atoms with Crippen molar-refractivity contribution in [3.05, 3.63) is 38.4 Å². The monoisotopic (exact) mass is 365 g/mol. The maximum Gasteiger partial charge on any atom is 0.340 e. The van der Waals surface area contributed by atoms with E-state index in [4.69, 9.17) is 26.4 Å². The molecule has 0 fully saturated rings. The molecule has 0 unspecified atom stereocenters. The first kappa shape index (κ1) is 18.2. The Morgan fingerprint density at radius 3 is 2.40 bits per heavy atom. The van der Waals surface area contributed by atoms with Crippen molar-refractivity contribution in [1.82, 2.24) is 9.97 Å². The zero-order valence-electron chi connectivity index (χ0n) is 13.6. The summed E-state index contributed by atoms with van der Waals surface area (Å²) in [6, 6.07) is 2.85. The van der Waals surface area contributed by atoms with E-state index >= 15 is 0 Å². The number of nitrogens with zero attached hydrogens (tertiary/aromatic N) is 1. The first-order valence-corrected chi connectivity index (χ1v) is 7.26. The predicted molar refractivity (Wildman–Crippen MR) is 92.1 cm³/mol. The van der Waals surface area contributed by atoms with Gasteiger partial charge in [0.1, 0.15) is 5.56 Å². The number of ether oxygens (including phenoxy) is 3. The second kappa shape index (κ2) is 7.62. The molecule has 1 aromatic carbocycles. The second-order valence-corrected chi connectivity index (χ2v) is 5.05. The molecule has 25 heavy (non-hydrogen) atoms. The summed E-state index contributed by atoms with van der Waals surface area (Å²) in [6.07, 6.45) is 1.09. The first-order valence-electron chi connectivity index (χ1n) is 6.85. The smallest absolute Gasteiger partial charge is 0.340 e. The molecular weight excluding hydrogens is 350 g/mol. The van der Waals surface area contributed by atoms with Crippen LogP contribution in [-0.2, 0) is 4.74 Å². The van der Waals surface area contributed by atoms with Crippen molar-refractivity contribution in [3.63, 3.8) is 0 Å². The number of hydrogen-bond donors (Lipinski definition) is 3. The Labute approximate surface area is 146 Å². The van der Waals surface area contributed by atoms with Crippen LogP contribution in [0.4, 0.5) is 5.69 Å². The number of aliphatic imine (C=N–C) groups is 1. The molecule has 0 aliphatic rings. The maximum atomic E-state index is 12.0. The second-order valence-electron chi connectivity index (χ2n) is 4.64. The zero-order chi connectivity index (χ0) is 18.6. The molecule has 1 heterocycles. The Morgan fingerprint density at radius 2 is 1.84 bits per heavy atom. The van der Waals surface area contributed by atoms with Crippen molar-refractivity contribution < 1.29 is 24.1 Å². The number of esters is 1. The predicted octanol–water partition coefficient (Wildman–Crippen LogP) is 1.69. The summed E-state index contributed by atoms with van der Waals surface area (Å²) >= 11 is 4.75. The summed E-state index contributed by atoms with van der Waals surface area (Å²) < 4.78 is 15.0. The van der Waals surface area contributed by atoms with E-state index in [9.17, 15) is 14.7 Å². The molecule has 10 heteroatoms. The molecule has 2 aromatic rings. The topological polar surface area (TPSA) is 126 Å². The van der Waals surface area contributed by atoms with Crippen molar-refractivity contribution in [1.29, 1.82) is 0 Å². The minimum Gasteiger partial charge on any atom is -0.494 e. The van der Waals surface area contributed by atoms with E-state index in [0.717, 1.165) is 6.21 Å². The summed E-state index contributed by atoms with van der Waals surface area (Å²) in [6.45, 7) is 0. The van der Waals surface area contributed by atoms with Crippen LogP contribution in [0.2, 0.25) is 0 Å². The van der Waals surface area contributed by atoms with E-state index in [1.54, 1.807) is 0 Å². The van der Waals surface area contributed by atoms with Gasteiger partial charge >= 0.3 is 5.97 Å². The number of nitrogens with one attached hydrogen (secondary N) is 2. The first-order chi connectivity index (χ1) is 11.9. The molecule has 132 valence electrons. The van der Waals surface area contributed by atoms with Crippen molar-refractivity contribution in [2.45, 2.75) is 0 Å². The number of rotatable bonds is 5. The van der Waals surface area contributed by atoms with Gasteiger partial charge in [0.2, 0.25) is 5.88 Å². The molecule has 1 aromatic heterocycles. The molecule has 0 aliphatic carbocycles. The molecule has 0 radical (unpaired) electrons. The average Bonchev–Trinajstić information content (AvgIpc) is 2.59. The summed E-state index contributed by atoms with van der Waals surface area (Å²) in [5.41, 5.74) is -0.536. The van der Waals surface area contributed by atoms with Crippen LogP contribution in [0.3, 0.4) is 0 Å².